The molecule has 0 radical (unpaired) electrons. The lowest BCUT2D eigenvalue weighted by Gasteiger charge is -2.30. The molecule has 1 aliphatic rings. The number of hydrogen-bond acceptors (Lipinski definition) is 3. The van der Waals surface area contributed by atoms with Gasteiger partial charge in [0.15, 0.2) is 10.8 Å². The Kier molecular flexibility index (Phi) is 3.87. The van der Waals surface area contributed by atoms with Gasteiger partial charge < -0.3 is 4.57 Å². The molecule has 1 aromatic heterocycles. The Hall–Kier alpha value is -1.96. The van der Waals surface area contributed by atoms with Gasteiger partial charge in [-0.05, 0) is 38.3 Å². The van der Waals surface area contributed by atoms with Crippen LogP contribution in [0.25, 0.3) is 0 Å². The van der Waals surface area contributed by atoms with E-state index in [1.54, 1.807) is 11.5 Å². The molecular formula is C15H17F2N3O2S. The van der Waals surface area contributed by atoms with Crippen LogP contribution >= 0.6 is 0 Å². The molecule has 124 valence electrons. The third-order valence-electron chi connectivity index (χ3n) is 4.01. The Labute approximate surface area is 133 Å². The van der Waals surface area contributed by atoms with E-state index in [4.69, 9.17) is 0 Å². The Morgan fingerprint density at radius 3 is 2.70 bits per heavy atom. The van der Waals surface area contributed by atoms with Crippen molar-refractivity contribution in [1.82, 2.24) is 9.55 Å². The molecule has 0 amide bonds. The van der Waals surface area contributed by atoms with Crippen LogP contribution in [0.4, 0.5) is 14.5 Å². The molecule has 0 spiro atoms. The summed E-state index contributed by atoms with van der Waals surface area (Å²) in [7, 11) is -3.98. The zero-order valence-electron chi connectivity index (χ0n) is 12.9. The first-order valence-electron chi connectivity index (χ1n) is 7.39. The monoisotopic (exact) mass is 341 g/mol. The van der Waals surface area contributed by atoms with Gasteiger partial charge in [-0.1, -0.05) is 0 Å². The maximum absolute atomic E-state index is 14.2. The standard InChI is InChI=1S/C15H17F2N3O2S/c1-3-19-9-14(18-10(19)2)23(21,22)20-6-4-5-11-7-12(16)8-13(17)15(11)20/h7-9H,3-6H2,1-2H3. The maximum Gasteiger partial charge on any atom is 0.283 e. The Balaban J connectivity index is 2.12. The van der Waals surface area contributed by atoms with Gasteiger partial charge in [-0.3, -0.25) is 4.31 Å². The maximum atomic E-state index is 14.2. The van der Waals surface area contributed by atoms with Crippen molar-refractivity contribution in [2.75, 3.05) is 10.8 Å². The number of anilines is 1. The van der Waals surface area contributed by atoms with Crippen molar-refractivity contribution in [3.8, 4) is 0 Å². The molecule has 0 saturated carbocycles. The zero-order valence-corrected chi connectivity index (χ0v) is 13.7. The molecule has 0 unspecified atom stereocenters. The highest BCUT2D eigenvalue weighted by Crippen LogP contribution is 2.34. The minimum atomic E-state index is -3.98. The molecule has 23 heavy (non-hydrogen) atoms. The van der Waals surface area contributed by atoms with Gasteiger partial charge in [-0.2, -0.15) is 8.42 Å². The second-order valence-corrected chi connectivity index (χ2v) is 7.30. The molecular weight excluding hydrogens is 324 g/mol. The summed E-state index contributed by atoms with van der Waals surface area (Å²) < 4.78 is 56.0. The fourth-order valence-corrected chi connectivity index (χ4v) is 4.44. The van der Waals surface area contributed by atoms with Crippen LogP contribution in [0.5, 0.6) is 0 Å². The molecule has 0 atom stereocenters. The number of aromatic nitrogens is 2. The highest BCUT2D eigenvalue weighted by molar-refractivity contribution is 7.92. The zero-order chi connectivity index (χ0) is 16.8. The van der Waals surface area contributed by atoms with Crippen LogP contribution in [0, 0.1) is 18.6 Å². The van der Waals surface area contributed by atoms with Crippen molar-refractivity contribution in [3.63, 3.8) is 0 Å². The minimum Gasteiger partial charge on any atom is -0.334 e. The van der Waals surface area contributed by atoms with E-state index in [0.717, 1.165) is 4.31 Å². The van der Waals surface area contributed by atoms with E-state index in [9.17, 15) is 17.2 Å². The second-order valence-electron chi connectivity index (χ2n) is 5.49. The molecule has 1 aromatic carbocycles. The average molecular weight is 341 g/mol. The van der Waals surface area contributed by atoms with Crippen molar-refractivity contribution in [2.24, 2.45) is 0 Å². The molecule has 0 saturated heterocycles. The number of rotatable bonds is 3. The van der Waals surface area contributed by atoms with Crippen LogP contribution in [0.2, 0.25) is 0 Å². The smallest absolute Gasteiger partial charge is 0.283 e. The van der Waals surface area contributed by atoms with Gasteiger partial charge in [0.25, 0.3) is 10.0 Å². The van der Waals surface area contributed by atoms with Crippen LogP contribution < -0.4 is 4.31 Å². The van der Waals surface area contributed by atoms with Gasteiger partial charge in [0.05, 0.1) is 5.69 Å². The fourth-order valence-electron chi connectivity index (χ4n) is 2.89. The lowest BCUT2D eigenvalue weighted by molar-refractivity contribution is 0.560. The normalized spacial score (nSPS) is 14.9. The van der Waals surface area contributed by atoms with Crippen LogP contribution in [0.15, 0.2) is 23.4 Å². The largest absolute Gasteiger partial charge is 0.334 e. The Bertz CT molecular complexity index is 862. The van der Waals surface area contributed by atoms with Gasteiger partial charge in [0, 0.05) is 25.4 Å². The quantitative estimate of drug-likeness (QED) is 0.862. The van der Waals surface area contributed by atoms with E-state index in [1.165, 1.54) is 12.3 Å². The van der Waals surface area contributed by atoms with E-state index in [1.807, 2.05) is 6.92 Å². The molecule has 2 heterocycles. The van der Waals surface area contributed by atoms with Crippen molar-refractivity contribution >= 4 is 15.7 Å². The minimum absolute atomic E-state index is 0.0682. The van der Waals surface area contributed by atoms with Crippen molar-refractivity contribution in [1.29, 1.82) is 0 Å². The third kappa shape index (κ3) is 2.60. The number of imidazole rings is 1. The first-order valence-corrected chi connectivity index (χ1v) is 8.83. The predicted octanol–water partition coefficient (Wildman–Crippen LogP) is 2.63. The van der Waals surface area contributed by atoms with Gasteiger partial charge in [-0.25, -0.2) is 13.8 Å². The van der Waals surface area contributed by atoms with Gasteiger partial charge in [-0.15, -0.1) is 0 Å². The summed E-state index contributed by atoms with van der Waals surface area (Å²) in [6.07, 6.45) is 2.39. The summed E-state index contributed by atoms with van der Waals surface area (Å²) in [5, 5.41) is -0.117. The van der Waals surface area contributed by atoms with Crippen molar-refractivity contribution in [3.05, 3.63) is 41.4 Å². The van der Waals surface area contributed by atoms with Crippen LogP contribution in [-0.4, -0.2) is 24.5 Å². The summed E-state index contributed by atoms with van der Waals surface area (Å²) in [5.74, 6) is -0.996. The number of aryl methyl sites for hydroxylation is 3. The molecule has 0 bridgehead atoms. The molecule has 0 aliphatic carbocycles. The van der Waals surface area contributed by atoms with E-state index in [2.05, 4.69) is 4.98 Å². The summed E-state index contributed by atoms with van der Waals surface area (Å²) in [5.41, 5.74) is 0.297. The van der Waals surface area contributed by atoms with Crippen LogP contribution in [0.3, 0.4) is 0 Å². The molecule has 1 aliphatic heterocycles. The van der Waals surface area contributed by atoms with Crippen LogP contribution in [0.1, 0.15) is 24.7 Å². The molecule has 8 heteroatoms. The van der Waals surface area contributed by atoms with E-state index < -0.39 is 21.7 Å². The number of nitrogens with zero attached hydrogens (tertiary/aromatic N) is 3. The summed E-state index contributed by atoms with van der Waals surface area (Å²) >= 11 is 0. The van der Waals surface area contributed by atoms with Gasteiger partial charge in [0.1, 0.15) is 11.6 Å². The predicted molar refractivity (Wildman–Crippen MR) is 81.8 cm³/mol. The van der Waals surface area contributed by atoms with E-state index in [-0.39, 0.29) is 17.3 Å². The lowest BCUT2D eigenvalue weighted by atomic mass is 10.0. The molecule has 5 nitrogen and oxygen atoms in total. The number of fused-ring (bicyclic) bond motifs is 1. The lowest BCUT2D eigenvalue weighted by Crippen LogP contribution is -2.36. The molecule has 2 aromatic rings. The first kappa shape index (κ1) is 15.9. The average Bonchev–Trinajstić information content (AvgIpc) is 2.88. The SMILES string of the molecule is CCn1cc(S(=O)(=O)N2CCCc3cc(F)cc(F)c32)nc1C. The summed E-state index contributed by atoms with van der Waals surface area (Å²) in [6.45, 7) is 4.33. The first-order chi connectivity index (χ1) is 10.8. The van der Waals surface area contributed by atoms with Crippen molar-refractivity contribution in [2.45, 2.75) is 38.3 Å². The topological polar surface area (TPSA) is 55.2 Å². The molecule has 0 N–H and O–H groups in total. The Morgan fingerprint density at radius 1 is 1.30 bits per heavy atom. The highest BCUT2D eigenvalue weighted by Gasteiger charge is 2.33. The molecule has 3 rings (SSSR count). The summed E-state index contributed by atoms with van der Waals surface area (Å²) in [4.78, 5) is 4.09. The highest BCUT2D eigenvalue weighted by atomic mass is 32.2. The van der Waals surface area contributed by atoms with E-state index >= 15 is 0 Å². The molecule has 0 fully saturated rings. The number of hydrogen-bond donors (Lipinski definition) is 0. The third-order valence-corrected chi connectivity index (χ3v) is 5.68. The summed E-state index contributed by atoms with van der Waals surface area (Å²) in [6, 6.07) is 1.90. The number of sulfonamides is 1. The fraction of sp³-hybridized carbons (Fsp3) is 0.400. The Morgan fingerprint density at radius 2 is 2.04 bits per heavy atom. The number of halogens is 2. The van der Waals surface area contributed by atoms with Crippen LogP contribution in [-0.2, 0) is 23.0 Å². The van der Waals surface area contributed by atoms with Crippen molar-refractivity contribution < 1.29 is 17.2 Å². The van der Waals surface area contributed by atoms with Gasteiger partial charge >= 0.3 is 0 Å². The van der Waals surface area contributed by atoms with Gasteiger partial charge in [0.2, 0.25) is 0 Å². The number of benzene rings is 1. The second kappa shape index (κ2) is 5.59. The van der Waals surface area contributed by atoms with E-state index in [0.29, 0.717) is 36.8 Å².